The van der Waals surface area contributed by atoms with E-state index in [1.807, 2.05) is 18.2 Å². The van der Waals surface area contributed by atoms with Crippen LogP contribution in [0.1, 0.15) is 45.6 Å². The van der Waals surface area contributed by atoms with Crippen molar-refractivity contribution >= 4 is 11.9 Å². The molecule has 0 radical (unpaired) electrons. The third-order valence-corrected chi connectivity index (χ3v) is 5.38. The monoisotopic (exact) mass is 546 g/mol. The number of hydrogen-bond donors (Lipinski definition) is 0. The van der Waals surface area contributed by atoms with Crippen LogP contribution in [0.3, 0.4) is 0 Å². The SMILES string of the molecule is C=C(C)C(=O)OCC[N+](C)(C)CCCCC.C=C(C)C(=O)OCC[N+](C)(C)Cc1ccccc1.[Cl-].[Cl-]. The van der Waals surface area contributed by atoms with Gasteiger partial charge in [0.1, 0.15) is 32.8 Å². The van der Waals surface area contributed by atoms with E-state index in [1.165, 1.54) is 24.8 Å². The van der Waals surface area contributed by atoms with E-state index in [1.54, 1.807) is 13.8 Å². The summed E-state index contributed by atoms with van der Waals surface area (Å²) in [6.07, 6.45) is 3.75. The average molecular weight is 548 g/mol. The molecule has 0 atom stereocenters. The summed E-state index contributed by atoms with van der Waals surface area (Å²) < 4.78 is 11.9. The van der Waals surface area contributed by atoms with E-state index in [2.05, 4.69) is 60.4 Å². The fourth-order valence-corrected chi connectivity index (χ4v) is 3.08. The van der Waals surface area contributed by atoms with Gasteiger partial charge < -0.3 is 43.3 Å². The number of ether oxygens (including phenoxy) is 2. The molecule has 0 spiro atoms. The molecular weight excluding hydrogens is 499 g/mol. The van der Waals surface area contributed by atoms with E-state index < -0.39 is 0 Å². The van der Waals surface area contributed by atoms with Crippen LogP contribution in [-0.4, -0.2) is 81.9 Å². The fraction of sp³-hybridized carbons (Fsp3) is 0.571. The Balaban J connectivity index is -0.000000577. The number of esters is 2. The van der Waals surface area contributed by atoms with E-state index in [9.17, 15) is 9.59 Å². The summed E-state index contributed by atoms with van der Waals surface area (Å²) in [5.41, 5.74) is 2.20. The Bertz CT molecular complexity index is 781. The van der Waals surface area contributed by atoms with E-state index >= 15 is 0 Å². The predicted molar refractivity (Wildman–Crippen MR) is 140 cm³/mol. The minimum atomic E-state index is -0.310. The summed E-state index contributed by atoms with van der Waals surface area (Å²) in [4.78, 5) is 22.4. The van der Waals surface area contributed by atoms with Crippen LogP contribution in [0.25, 0.3) is 0 Å². The van der Waals surface area contributed by atoms with Gasteiger partial charge in [0.2, 0.25) is 0 Å². The summed E-state index contributed by atoms with van der Waals surface area (Å²) >= 11 is 0. The molecule has 208 valence electrons. The Hall–Kier alpha value is -1.86. The quantitative estimate of drug-likeness (QED) is 0.127. The number of likely N-dealkylation sites (N-methyl/N-ethyl adjacent to an activating group) is 2. The lowest BCUT2D eigenvalue weighted by atomic mass is 10.2. The zero-order chi connectivity index (χ0) is 26.2. The first kappa shape index (κ1) is 38.7. The van der Waals surface area contributed by atoms with Gasteiger partial charge in [-0.05, 0) is 26.7 Å². The third-order valence-electron chi connectivity index (χ3n) is 5.38. The highest BCUT2D eigenvalue weighted by molar-refractivity contribution is 5.87. The summed E-state index contributed by atoms with van der Waals surface area (Å²) in [6.45, 7) is 17.2. The summed E-state index contributed by atoms with van der Waals surface area (Å²) in [5.74, 6) is -0.594. The van der Waals surface area contributed by atoms with Crippen LogP contribution in [0.15, 0.2) is 54.6 Å². The third kappa shape index (κ3) is 20.3. The van der Waals surface area contributed by atoms with E-state index in [-0.39, 0.29) is 36.8 Å². The van der Waals surface area contributed by atoms with Gasteiger partial charge in [0.25, 0.3) is 0 Å². The molecule has 0 aliphatic heterocycles. The van der Waals surface area contributed by atoms with Crippen molar-refractivity contribution in [3.8, 4) is 0 Å². The molecule has 6 nitrogen and oxygen atoms in total. The number of hydrogen-bond acceptors (Lipinski definition) is 4. The normalized spacial score (nSPS) is 10.5. The molecule has 1 aromatic carbocycles. The lowest BCUT2D eigenvalue weighted by Crippen LogP contribution is -3.00. The second-order valence-corrected chi connectivity index (χ2v) is 10.2. The summed E-state index contributed by atoms with van der Waals surface area (Å²) in [7, 11) is 8.59. The van der Waals surface area contributed by atoms with Crippen LogP contribution in [0.2, 0.25) is 0 Å². The fourth-order valence-electron chi connectivity index (χ4n) is 3.08. The van der Waals surface area contributed by atoms with Crippen LogP contribution < -0.4 is 24.8 Å². The molecule has 0 aromatic heterocycles. The van der Waals surface area contributed by atoms with Gasteiger partial charge in [-0.15, -0.1) is 0 Å². The predicted octanol–water partition coefficient (Wildman–Crippen LogP) is -1.24. The van der Waals surface area contributed by atoms with Gasteiger partial charge in [0.15, 0.2) is 0 Å². The summed E-state index contributed by atoms with van der Waals surface area (Å²) in [6, 6.07) is 10.3. The van der Waals surface area contributed by atoms with Gasteiger partial charge in [0.05, 0.1) is 34.7 Å². The second-order valence-electron chi connectivity index (χ2n) is 10.2. The maximum absolute atomic E-state index is 11.3. The van der Waals surface area contributed by atoms with Gasteiger partial charge in [0, 0.05) is 16.7 Å². The molecule has 0 amide bonds. The zero-order valence-electron chi connectivity index (χ0n) is 23.4. The standard InChI is InChI=1S/C15H22NO2.C13H26NO2.2ClH/c1-13(2)15(17)18-11-10-16(3,4)12-14-8-6-5-7-9-14;1-6-7-8-9-14(4,5)10-11-16-13(15)12(2)3;;/h5-9H,1,10-12H2,2-4H3;2,6-11H2,1,3-5H3;2*1H/q2*+1;;/p-2. The number of nitrogens with zero attached hydrogens (tertiary/aromatic N) is 2. The number of unbranched alkanes of at least 4 members (excludes halogenated alkanes) is 2. The number of carbonyl (C=O) groups is 2. The highest BCUT2D eigenvalue weighted by Gasteiger charge is 2.17. The first-order valence-electron chi connectivity index (χ1n) is 12.1. The van der Waals surface area contributed by atoms with Crippen LogP contribution in [0.4, 0.5) is 0 Å². The molecule has 0 saturated carbocycles. The van der Waals surface area contributed by atoms with Crippen LogP contribution in [0.5, 0.6) is 0 Å². The van der Waals surface area contributed by atoms with E-state index in [0.717, 1.165) is 35.1 Å². The molecule has 0 bridgehead atoms. The van der Waals surface area contributed by atoms with Crippen molar-refractivity contribution in [3.63, 3.8) is 0 Å². The molecule has 0 N–H and O–H groups in total. The Morgan fingerprint density at radius 1 is 0.750 bits per heavy atom. The second kappa shape index (κ2) is 20.2. The highest BCUT2D eigenvalue weighted by atomic mass is 35.5. The molecular formula is C28H48Cl2N2O4. The maximum Gasteiger partial charge on any atom is 0.333 e. The molecule has 1 aromatic rings. The van der Waals surface area contributed by atoms with Crippen molar-refractivity contribution in [1.82, 2.24) is 0 Å². The molecule has 0 heterocycles. The minimum absolute atomic E-state index is 0. The first-order chi connectivity index (χ1) is 15.8. The van der Waals surface area contributed by atoms with Crippen molar-refractivity contribution in [2.24, 2.45) is 0 Å². The van der Waals surface area contributed by atoms with Crippen molar-refractivity contribution in [1.29, 1.82) is 0 Å². The minimum Gasteiger partial charge on any atom is -1.00 e. The zero-order valence-corrected chi connectivity index (χ0v) is 25.0. The topological polar surface area (TPSA) is 52.6 Å². The molecule has 36 heavy (non-hydrogen) atoms. The largest absolute Gasteiger partial charge is 1.00 e. The Morgan fingerprint density at radius 2 is 1.19 bits per heavy atom. The van der Waals surface area contributed by atoms with Crippen LogP contribution in [0, 0.1) is 0 Å². The van der Waals surface area contributed by atoms with Crippen molar-refractivity contribution in [2.45, 2.75) is 46.6 Å². The van der Waals surface area contributed by atoms with E-state index in [0.29, 0.717) is 24.4 Å². The number of halogens is 2. The van der Waals surface area contributed by atoms with Gasteiger partial charge in [-0.3, -0.25) is 0 Å². The number of quaternary nitrogens is 2. The Morgan fingerprint density at radius 3 is 1.61 bits per heavy atom. The molecule has 0 saturated heterocycles. The molecule has 0 unspecified atom stereocenters. The van der Waals surface area contributed by atoms with Gasteiger partial charge in [-0.25, -0.2) is 9.59 Å². The van der Waals surface area contributed by atoms with Crippen LogP contribution >= 0.6 is 0 Å². The Labute approximate surface area is 232 Å². The van der Waals surface area contributed by atoms with Crippen molar-refractivity contribution in [2.75, 3.05) is 61.0 Å². The number of rotatable bonds is 14. The molecule has 0 aliphatic carbocycles. The Kier molecular flexibility index (Phi) is 21.7. The molecule has 8 heteroatoms. The molecule has 0 aliphatic rings. The summed E-state index contributed by atoms with van der Waals surface area (Å²) in [5, 5.41) is 0. The van der Waals surface area contributed by atoms with Crippen LogP contribution in [-0.2, 0) is 25.6 Å². The first-order valence-corrected chi connectivity index (χ1v) is 12.1. The molecule has 1 rings (SSSR count). The number of carbonyl (C=O) groups excluding carboxylic acids is 2. The average Bonchev–Trinajstić information content (AvgIpc) is 2.74. The molecule has 0 fully saturated rings. The number of benzene rings is 1. The van der Waals surface area contributed by atoms with Gasteiger partial charge >= 0.3 is 11.9 Å². The lowest BCUT2D eigenvalue weighted by Gasteiger charge is -2.29. The van der Waals surface area contributed by atoms with Gasteiger partial charge in [-0.1, -0.05) is 56.8 Å². The van der Waals surface area contributed by atoms with Crippen molar-refractivity contribution < 1.29 is 52.8 Å². The highest BCUT2D eigenvalue weighted by Crippen LogP contribution is 2.09. The van der Waals surface area contributed by atoms with E-state index in [4.69, 9.17) is 9.47 Å². The van der Waals surface area contributed by atoms with Gasteiger partial charge in [-0.2, -0.15) is 0 Å². The smallest absolute Gasteiger partial charge is 0.333 e. The van der Waals surface area contributed by atoms with Crippen molar-refractivity contribution in [3.05, 3.63) is 60.2 Å². The maximum atomic E-state index is 11.3. The lowest BCUT2D eigenvalue weighted by molar-refractivity contribution is -0.903.